The van der Waals surface area contributed by atoms with Gasteiger partial charge in [-0.3, -0.25) is 4.79 Å². The Morgan fingerprint density at radius 3 is 2.59 bits per heavy atom. The number of hydrogen-bond acceptors (Lipinski definition) is 6. The van der Waals surface area contributed by atoms with Crippen molar-refractivity contribution in [3.63, 3.8) is 0 Å². The molecule has 0 amide bonds. The van der Waals surface area contributed by atoms with E-state index in [0.717, 1.165) is 0 Å². The number of Topliss-reactive ketones (excluding diaryl/α,β-unsaturated/α-hetero) is 1. The molecule has 1 heterocycles. The molecule has 2 N–H and O–H groups in total. The van der Waals surface area contributed by atoms with E-state index >= 15 is 0 Å². The molecule has 0 bridgehead atoms. The van der Waals surface area contributed by atoms with Gasteiger partial charge in [-0.2, -0.15) is 5.26 Å². The van der Waals surface area contributed by atoms with Gasteiger partial charge in [0.05, 0.1) is 16.5 Å². The maximum atomic E-state index is 13.2. The number of allylic oxidation sites excluding steroid dienone is 3. The molecular formula is C25H21ClN2O4. The number of nitrogens with zero attached hydrogens (tertiary/aromatic N) is 1. The maximum Gasteiger partial charge on any atom is 0.345 e. The summed E-state index contributed by atoms with van der Waals surface area (Å²) in [5.41, 5.74) is 6.98. The van der Waals surface area contributed by atoms with Crippen molar-refractivity contribution >= 4 is 23.4 Å². The van der Waals surface area contributed by atoms with E-state index in [0.29, 0.717) is 29.7 Å². The third kappa shape index (κ3) is 3.88. The van der Waals surface area contributed by atoms with Gasteiger partial charge in [-0.15, -0.1) is 0 Å². The van der Waals surface area contributed by atoms with E-state index in [-0.39, 0.29) is 39.0 Å². The van der Waals surface area contributed by atoms with Crippen LogP contribution in [0.1, 0.15) is 48.5 Å². The van der Waals surface area contributed by atoms with Crippen molar-refractivity contribution in [2.45, 2.75) is 32.6 Å². The van der Waals surface area contributed by atoms with Crippen LogP contribution in [-0.4, -0.2) is 11.8 Å². The minimum Gasteiger partial charge on any atom is -0.444 e. The topological polar surface area (TPSA) is 102 Å². The lowest BCUT2D eigenvalue weighted by molar-refractivity contribution is -0.119. The molecule has 1 aliphatic carbocycles. The first-order chi connectivity index (χ1) is 15.2. The molecular weight excluding hydrogens is 428 g/mol. The predicted octanol–water partition coefficient (Wildman–Crippen LogP) is 5.01. The second-order valence-electron chi connectivity index (χ2n) is 8.61. The van der Waals surface area contributed by atoms with Gasteiger partial charge in [0.2, 0.25) is 5.88 Å². The number of halogens is 1. The van der Waals surface area contributed by atoms with Crippen molar-refractivity contribution in [2.75, 3.05) is 0 Å². The van der Waals surface area contributed by atoms with Crippen molar-refractivity contribution in [3.05, 3.63) is 87.5 Å². The summed E-state index contributed by atoms with van der Waals surface area (Å²) >= 11 is 6.14. The monoisotopic (exact) mass is 448 g/mol. The standard InChI is InChI=1S/C25H21ClN2O4/c1-25(2)11-18(29)22-20(12-25)31-23(28)16(13-27)21(22)15-8-4-6-10-19(15)32-24(30)14-7-3-5-9-17(14)26/h3-10,21H,11-12,28H2,1-2H3/t21-/m1/s1. The first kappa shape index (κ1) is 21.7. The highest BCUT2D eigenvalue weighted by molar-refractivity contribution is 6.33. The normalized spacial score (nSPS) is 19.7. The summed E-state index contributed by atoms with van der Waals surface area (Å²) in [5, 5.41) is 10.1. The Hall–Kier alpha value is -3.56. The average Bonchev–Trinajstić information content (AvgIpc) is 2.72. The third-order valence-electron chi connectivity index (χ3n) is 5.60. The molecule has 0 aromatic heterocycles. The highest BCUT2D eigenvalue weighted by atomic mass is 35.5. The van der Waals surface area contributed by atoms with E-state index in [1.54, 1.807) is 48.5 Å². The van der Waals surface area contributed by atoms with Gasteiger partial charge in [0.25, 0.3) is 0 Å². The number of ether oxygens (including phenoxy) is 2. The minimum absolute atomic E-state index is 0.0472. The summed E-state index contributed by atoms with van der Waals surface area (Å²) in [6.45, 7) is 3.96. The van der Waals surface area contributed by atoms with Crippen LogP contribution in [0.25, 0.3) is 0 Å². The van der Waals surface area contributed by atoms with Gasteiger partial charge in [0.15, 0.2) is 5.78 Å². The lowest BCUT2D eigenvalue weighted by Crippen LogP contribution is -2.33. The molecule has 1 aliphatic heterocycles. The molecule has 4 rings (SSSR count). The number of esters is 1. The molecule has 0 fully saturated rings. The summed E-state index contributed by atoms with van der Waals surface area (Å²) in [7, 11) is 0. The van der Waals surface area contributed by atoms with Crippen molar-refractivity contribution in [2.24, 2.45) is 11.1 Å². The van der Waals surface area contributed by atoms with Crippen LogP contribution in [0.2, 0.25) is 5.02 Å². The Balaban J connectivity index is 1.81. The maximum absolute atomic E-state index is 13.2. The number of ketones is 1. The smallest absolute Gasteiger partial charge is 0.345 e. The quantitative estimate of drug-likeness (QED) is 0.523. The summed E-state index contributed by atoms with van der Waals surface area (Å²) in [6, 6.07) is 15.4. The van der Waals surface area contributed by atoms with E-state index < -0.39 is 11.9 Å². The minimum atomic E-state index is -0.789. The van der Waals surface area contributed by atoms with E-state index in [1.807, 2.05) is 13.8 Å². The first-order valence-corrected chi connectivity index (χ1v) is 10.5. The highest BCUT2D eigenvalue weighted by Crippen LogP contribution is 2.49. The molecule has 0 unspecified atom stereocenters. The molecule has 2 aromatic carbocycles. The van der Waals surface area contributed by atoms with E-state index in [9.17, 15) is 14.9 Å². The molecule has 0 saturated heterocycles. The van der Waals surface area contributed by atoms with Crippen LogP contribution in [-0.2, 0) is 9.53 Å². The molecule has 0 spiro atoms. The number of nitriles is 1. The fraction of sp³-hybridized carbons (Fsp3) is 0.240. The number of hydrogen-bond donors (Lipinski definition) is 1. The van der Waals surface area contributed by atoms with Gasteiger partial charge in [-0.25, -0.2) is 4.79 Å². The molecule has 162 valence electrons. The molecule has 2 aliphatic rings. The second-order valence-corrected chi connectivity index (χ2v) is 9.02. The fourth-order valence-corrected chi connectivity index (χ4v) is 4.40. The van der Waals surface area contributed by atoms with Crippen LogP contribution < -0.4 is 10.5 Å². The van der Waals surface area contributed by atoms with Crippen molar-refractivity contribution in [1.82, 2.24) is 0 Å². The molecule has 2 aromatic rings. The zero-order chi connectivity index (χ0) is 23.0. The molecule has 32 heavy (non-hydrogen) atoms. The van der Waals surface area contributed by atoms with Crippen LogP contribution in [0.4, 0.5) is 0 Å². The number of carbonyl (C=O) groups is 2. The SMILES string of the molecule is CC1(C)CC(=O)C2=C(C1)OC(N)=C(C#N)[C@H]2c1ccccc1OC(=O)c1ccccc1Cl. The fourth-order valence-electron chi connectivity index (χ4n) is 4.19. The Labute approximate surface area is 190 Å². The third-order valence-corrected chi connectivity index (χ3v) is 5.93. The van der Waals surface area contributed by atoms with Crippen LogP contribution in [0.15, 0.2) is 71.3 Å². The van der Waals surface area contributed by atoms with Crippen molar-refractivity contribution in [1.29, 1.82) is 5.26 Å². The summed E-state index contributed by atoms with van der Waals surface area (Å²) in [4.78, 5) is 26.0. The number of nitrogens with two attached hydrogens (primary N) is 1. The number of rotatable bonds is 3. The van der Waals surface area contributed by atoms with E-state index in [1.165, 1.54) is 0 Å². The largest absolute Gasteiger partial charge is 0.444 e. The van der Waals surface area contributed by atoms with Gasteiger partial charge >= 0.3 is 5.97 Å². The van der Waals surface area contributed by atoms with E-state index in [4.69, 9.17) is 26.8 Å². The molecule has 0 saturated carbocycles. The number of benzene rings is 2. The van der Waals surface area contributed by atoms with Gasteiger partial charge < -0.3 is 15.2 Å². The number of para-hydroxylation sites is 1. The highest BCUT2D eigenvalue weighted by Gasteiger charge is 2.43. The average molecular weight is 449 g/mol. The predicted molar refractivity (Wildman–Crippen MR) is 119 cm³/mol. The summed E-state index contributed by atoms with van der Waals surface area (Å²) in [5.74, 6) is -0.921. The van der Waals surface area contributed by atoms with Gasteiger partial charge in [0, 0.05) is 24.0 Å². The molecule has 7 heteroatoms. The molecule has 1 atom stereocenters. The zero-order valence-electron chi connectivity index (χ0n) is 17.6. The van der Waals surface area contributed by atoms with Gasteiger partial charge in [-0.05, 0) is 23.6 Å². The van der Waals surface area contributed by atoms with Crippen LogP contribution >= 0.6 is 11.6 Å². The van der Waals surface area contributed by atoms with Gasteiger partial charge in [-0.1, -0.05) is 55.8 Å². The Kier molecular flexibility index (Phi) is 5.53. The Bertz CT molecular complexity index is 1240. The van der Waals surface area contributed by atoms with Crippen LogP contribution in [0.3, 0.4) is 0 Å². The summed E-state index contributed by atoms with van der Waals surface area (Å²) in [6.07, 6.45) is 0.817. The Morgan fingerprint density at radius 1 is 1.19 bits per heavy atom. The molecule has 0 radical (unpaired) electrons. The van der Waals surface area contributed by atoms with Crippen LogP contribution in [0.5, 0.6) is 5.75 Å². The van der Waals surface area contributed by atoms with Gasteiger partial charge in [0.1, 0.15) is 23.2 Å². The second kappa shape index (κ2) is 8.18. The van der Waals surface area contributed by atoms with Crippen LogP contribution in [0, 0.1) is 16.7 Å². The molecule has 6 nitrogen and oxygen atoms in total. The Morgan fingerprint density at radius 2 is 1.88 bits per heavy atom. The van der Waals surface area contributed by atoms with Crippen molar-refractivity contribution < 1.29 is 19.1 Å². The lowest BCUT2D eigenvalue weighted by Gasteiger charge is -2.37. The number of carbonyl (C=O) groups excluding carboxylic acids is 2. The van der Waals surface area contributed by atoms with E-state index in [2.05, 4.69) is 6.07 Å². The van der Waals surface area contributed by atoms with Crippen molar-refractivity contribution in [3.8, 4) is 11.8 Å². The first-order valence-electron chi connectivity index (χ1n) is 10.1. The lowest BCUT2D eigenvalue weighted by atomic mass is 9.70. The zero-order valence-corrected chi connectivity index (χ0v) is 18.4. The summed E-state index contributed by atoms with van der Waals surface area (Å²) < 4.78 is 11.4.